The molecular weight excluding hydrogens is 286 g/mol. The summed E-state index contributed by atoms with van der Waals surface area (Å²) in [6, 6.07) is 13.5. The van der Waals surface area contributed by atoms with E-state index in [0.29, 0.717) is 5.71 Å². The Kier molecular flexibility index (Phi) is 2.97. The van der Waals surface area contributed by atoms with Crippen LogP contribution in [-0.2, 0) is 0 Å². The minimum Gasteiger partial charge on any atom is -0.431 e. The Morgan fingerprint density at radius 2 is 1.91 bits per heavy atom. The van der Waals surface area contributed by atoms with Gasteiger partial charge in [-0.05, 0) is 18.2 Å². The van der Waals surface area contributed by atoms with Crippen LogP contribution < -0.4 is 0 Å². The lowest BCUT2D eigenvalue weighted by molar-refractivity contribution is -0.474. The summed E-state index contributed by atoms with van der Waals surface area (Å²) in [5.41, 5.74) is 2.71. The molecule has 0 unspecified atom stereocenters. The lowest BCUT2D eigenvalue weighted by Crippen LogP contribution is -2.20. The summed E-state index contributed by atoms with van der Waals surface area (Å²) in [7, 11) is 0. The molecule has 0 saturated carbocycles. The van der Waals surface area contributed by atoms with Crippen molar-refractivity contribution in [3.8, 4) is 0 Å². The molecule has 3 aromatic rings. The molecule has 4 heteroatoms. The van der Waals surface area contributed by atoms with E-state index >= 15 is 0 Å². The van der Waals surface area contributed by atoms with Crippen molar-refractivity contribution in [2.24, 2.45) is 5.41 Å². The number of para-hydroxylation sites is 1. The molecule has 23 heavy (non-hydrogen) atoms. The highest BCUT2D eigenvalue weighted by Crippen LogP contribution is 2.33. The van der Waals surface area contributed by atoms with E-state index in [1.807, 2.05) is 41.2 Å². The number of aromatic nitrogens is 1. The Morgan fingerprint density at radius 3 is 2.74 bits per heavy atom. The fraction of sp³-hybridized carbons (Fsp3) is 0.263. The standard InChI is InChI=1S/C19H19N3O/c1-19(2,3)12-21-10-11-22(13-21)16-8-4-6-14-15-7-5-9-20-18(15)23-17(14)16/h4-11H,12H2,1-3H3/q+2. The van der Waals surface area contributed by atoms with Gasteiger partial charge in [0.05, 0.1) is 0 Å². The van der Waals surface area contributed by atoms with Crippen LogP contribution in [0.25, 0.3) is 22.1 Å². The van der Waals surface area contributed by atoms with Crippen molar-refractivity contribution in [2.45, 2.75) is 20.8 Å². The predicted octanol–water partition coefficient (Wildman–Crippen LogP) is 4.34. The Hall–Kier alpha value is -2.71. The topological polar surface area (TPSA) is 32.0 Å². The lowest BCUT2D eigenvalue weighted by atomic mass is 9.97. The number of hydrogen-bond donors (Lipinski definition) is 0. The first-order valence-corrected chi connectivity index (χ1v) is 7.78. The zero-order valence-electron chi connectivity index (χ0n) is 13.6. The summed E-state index contributed by atoms with van der Waals surface area (Å²) in [5.74, 6) is 0. The quantitative estimate of drug-likeness (QED) is 0.660. The maximum absolute atomic E-state index is 5.99. The minimum atomic E-state index is 0.211. The molecule has 0 aliphatic carbocycles. The molecule has 0 atom stereocenters. The van der Waals surface area contributed by atoms with Crippen LogP contribution >= 0.6 is 0 Å². The Bertz CT molecular complexity index is 1010. The molecule has 0 amide bonds. The molecule has 0 spiro atoms. The van der Waals surface area contributed by atoms with Crippen LogP contribution in [0.2, 0.25) is 0 Å². The van der Waals surface area contributed by atoms with Crippen LogP contribution in [0.15, 0.2) is 53.3 Å². The summed E-state index contributed by atoms with van der Waals surface area (Å²) < 4.78 is 10.1. The van der Waals surface area contributed by atoms with Gasteiger partial charge in [0.2, 0.25) is 17.5 Å². The molecule has 0 bridgehead atoms. The van der Waals surface area contributed by atoms with Gasteiger partial charge in [0.15, 0.2) is 6.54 Å². The van der Waals surface area contributed by atoms with Gasteiger partial charge in [0.25, 0.3) is 11.9 Å². The van der Waals surface area contributed by atoms with E-state index in [-0.39, 0.29) is 5.41 Å². The van der Waals surface area contributed by atoms with E-state index in [0.717, 1.165) is 28.6 Å². The third-order valence-corrected chi connectivity index (χ3v) is 3.79. The number of hydrogen-bond acceptors (Lipinski definition) is 2. The SMILES string of the molecule is CC(C)(C)C[N+]1=C=[N+](c2cccc3c2oc2ncccc23)C=C1. The molecule has 1 aromatic carbocycles. The maximum atomic E-state index is 5.99. The van der Waals surface area contributed by atoms with Gasteiger partial charge in [-0.15, -0.1) is 0 Å². The zero-order valence-corrected chi connectivity index (χ0v) is 13.6. The highest BCUT2D eigenvalue weighted by molar-refractivity contribution is 6.06. The monoisotopic (exact) mass is 305 g/mol. The molecule has 0 fully saturated rings. The summed E-state index contributed by atoms with van der Waals surface area (Å²) in [6.45, 7) is 7.57. The van der Waals surface area contributed by atoms with Gasteiger partial charge in [-0.3, -0.25) is 0 Å². The summed E-state index contributed by atoms with van der Waals surface area (Å²) >= 11 is 0. The molecule has 4 nitrogen and oxygen atoms in total. The first kappa shape index (κ1) is 13.9. The van der Waals surface area contributed by atoms with Gasteiger partial charge in [0.1, 0.15) is 0 Å². The number of pyridine rings is 1. The van der Waals surface area contributed by atoms with Crippen molar-refractivity contribution >= 4 is 33.8 Å². The number of rotatable bonds is 2. The third kappa shape index (κ3) is 2.47. The van der Waals surface area contributed by atoms with Crippen molar-refractivity contribution in [2.75, 3.05) is 6.54 Å². The lowest BCUT2D eigenvalue weighted by Gasteiger charge is -2.10. The average molecular weight is 305 g/mol. The van der Waals surface area contributed by atoms with E-state index in [4.69, 9.17) is 4.42 Å². The summed E-state index contributed by atoms with van der Waals surface area (Å²) in [5, 5.41) is 2.12. The van der Waals surface area contributed by atoms with E-state index in [9.17, 15) is 0 Å². The highest BCUT2D eigenvalue weighted by Gasteiger charge is 2.27. The van der Waals surface area contributed by atoms with Gasteiger partial charge in [-0.25, -0.2) is 4.98 Å². The van der Waals surface area contributed by atoms with Crippen molar-refractivity contribution in [1.82, 2.24) is 4.98 Å². The van der Waals surface area contributed by atoms with E-state index in [2.05, 4.69) is 42.4 Å². The van der Waals surface area contributed by atoms with Crippen molar-refractivity contribution in [3.05, 3.63) is 48.9 Å². The predicted molar refractivity (Wildman–Crippen MR) is 90.2 cm³/mol. The molecule has 2 aromatic heterocycles. The highest BCUT2D eigenvalue weighted by atomic mass is 16.3. The fourth-order valence-electron chi connectivity index (χ4n) is 2.89. The minimum absolute atomic E-state index is 0.211. The van der Waals surface area contributed by atoms with Crippen LogP contribution in [0.1, 0.15) is 20.8 Å². The van der Waals surface area contributed by atoms with Crippen molar-refractivity contribution < 1.29 is 13.6 Å². The molecule has 0 N–H and O–H groups in total. The van der Waals surface area contributed by atoms with Crippen LogP contribution in [0.4, 0.5) is 5.69 Å². The molecule has 3 heterocycles. The zero-order chi connectivity index (χ0) is 16.0. The summed E-state index contributed by atoms with van der Waals surface area (Å²) in [4.78, 5) is 4.32. The van der Waals surface area contributed by atoms with E-state index < -0.39 is 0 Å². The van der Waals surface area contributed by atoms with Crippen molar-refractivity contribution in [1.29, 1.82) is 0 Å². The first-order chi connectivity index (χ1) is 11.0. The number of nitrogens with zero attached hydrogens (tertiary/aromatic N) is 3. The first-order valence-electron chi connectivity index (χ1n) is 7.78. The van der Waals surface area contributed by atoms with Gasteiger partial charge < -0.3 is 4.42 Å². The molecule has 1 aliphatic heterocycles. The molecule has 1 aliphatic rings. The van der Waals surface area contributed by atoms with Crippen LogP contribution in [0, 0.1) is 5.41 Å². The summed E-state index contributed by atoms with van der Waals surface area (Å²) in [6.07, 6.45) is 5.82. The van der Waals surface area contributed by atoms with E-state index in [1.54, 1.807) is 6.20 Å². The van der Waals surface area contributed by atoms with Gasteiger partial charge in [-0.1, -0.05) is 36.0 Å². The van der Waals surface area contributed by atoms with Gasteiger partial charge in [-0.2, -0.15) is 0 Å². The Labute approximate surface area is 134 Å². The molecule has 4 rings (SSSR count). The maximum Gasteiger partial charge on any atom is 0.495 e. The number of furan rings is 1. The Balaban J connectivity index is 1.90. The van der Waals surface area contributed by atoms with Crippen LogP contribution in [0.3, 0.4) is 0 Å². The molecule has 0 radical (unpaired) electrons. The molecule has 0 saturated heterocycles. The normalized spacial score (nSPS) is 14.6. The Morgan fingerprint density at radius 1 is 1.09 bits per heavy atom. The second-order valence-corrected chi connectivity index (χ2v) is 7.07. The number of fused-ring (bicyclic) bond motifs is 3. The van der Waals surface area contributed by atoms with E-state index in [1.165, 1.54) is 0 Å². The second-order valence-electron chi connectivity index (χ2n) is 7.07. The van der Waals surface area contributed by atoms with Crippen molar-refractivity contribution in [3.63, 3.8) is 0 Å². The average Bonchev–Trinajstić information content (AvgIpc) is 3.09. The molecular formula is C19H19N3O+2. The van der Waals surface area contributed by atoms with Crippen LogP contribution in [-0.4, -0.2) is 26.7 Å². The van der Waals surface area contributed by atoms with Crippen LogP contribution in [0.5, 0.6) is 0 Å². The number of benzene rings is 1. The van der Waals surface area contributed by atoms with Gasteiger partial charge in [0, 0.05) is 28.5 Å². The third-order valence-electron chi connectivity index (χ3n) is 3.79. The smallest absolute Gasteiger partial charge is 0.431 e. The fourth-order valence-corrected chi connectivity index (χ4v) is 2.89. The largest absolute Gasteiger partial charge is 0.495 e. The van der Waals surface area contributed by atoms with Gasteiger partial charge >= 0.3 is 6.01 Å². The second kappa shape index (κ2) is 4.90. The molecule has 114 valence electrons.